The summed E-state index contributed by atoms with van der Waals surface area (Å²) in [5.74, 6) is 1.08. The fraction of sp³-hybridized carbons (Fsp3) is 0.720. The van der Waals surface area contributed by atoms with Crippen LogP contribution in [0.5, 0.6) is 0 Å². The fourth-order valence-corrected chi connectivity index (χ4v) is 7.11. The molecule has 0 spiro atoms. The van der Waals surface area contributed by atoms with Crippen LogP contribution in [0.15, 0.2) is 24.3 Å². The van der Waals surface area contributed by atoms with Gasteiger partial charge in [0.25, 0.3) is 0 Å². The van der Waals surface area contributed by atoms with Gasteiger partial charge in [0.15, 0.2) is 0 Å². The van der Waals surface area contributed by atoms with Gasteiger partial charge in [0, 0.05) is 15.5 Å². The van der Waals surface area contributed by atoms with Crippen LogP contribution in [0.3, 0.4) is 0 Å². The minimum Gasteiger partial charge on any atom is -0.394 e. The quantitative estimate of drug-likeness (QED) is 0.468. The van der Waals surface area contributed by atoms with E-state index < -0.39 is 24.2 Å². The molecule has 1 heterocycles. The van der Waals surface area contributed by atoms with Crippen molar-refractivity contribution in [1.82, 2.24) is 10.4 Å². The van der Waals surface area contributed by atoms with Gasteiger partial charge in [0.05, 0.1) is 18.8 Å². The first-order chi connectivity index (χ1) is 15.1. The Kier molecular flexibility index (Phi) is 6.96. The Morgan fingerprint density at radius 2 is 2.06 bits per heavy atom. The van der Waals surface area contributed by atoms with E-state index in [0.29, 0.717) is 23.2 Å². The summed E-state index contributed by atoms with van der Waals surface area (Å²) in [4.78, 5) is 19.8. The largest absolute Gasteiger partial charge is 0.394 e. The van der Waals surface area contributed by atoms with E-state index in [2.05, 4.69) is 54.7 Å². The van der Waals surface area contributed by atoms with Crippen LogP contribution in [0.4, 0.5) is 0 Å². The smallest absolute Gasteiger partial charge is 0.240 e. The van der Waals surface area contributed by atoms with Crippen molar-refractivity contribution in [3.05, 3.63) is 33.4 Å². The molecular formula is C25H37IN2O4. The van der Waals surface area contributed by atoms with Gasteiger partial charge in [0.1, 0.15) is 12.1 Å². The molecule has 2 unspecified atom stereocenters. The van der Waals surface area contributed by atoms with Crippen molar-refractivity contribution in [3.63, 3.8) is 0 Å². The molecule has 1 amide bonds. The SMILES string of the molecule is CC(c1cccc(I)c1)N1O[C@@H](CO)[C@@H]([C@H](C)O)[C@H]1C(=O)NC1C[C@@H]2C[C@H]([C@@H]1C)C2(C)C. The molecule has 4 aliphatic rings. The number of carbonyl (C=O) groups is 1. The van der Waals surface area contributed by atoms with Crippen molar-refractivity contribution >= 4 is 28.5 Å². The molecule has 4 fully saturated rings. The van der Waals surface area contributed by atoms with E-state index >= 15 is 0 Å². The van der Waals surface area contributed by atoms with Crippen molar-refractivity contribution in [3.8, 4) is 0 Å². The zero-order chi connectivity index (χ0) is 23.4. The van der Waals surface area contributed by atoms with Crippen LogP contribution in [0.1, 0.15) is 59.1 Å². The average molecular weight is 556 g/mol. The van der Waals surface area contributed by atoms with Gasteiger partial charge in [-0.3, -0.25) is 9.63 Å². The summed E-state index contributed by atoms with van der Waals surface area (Å²) in [5.41, 5.74) is 1.39. The highest BCUT2D eigenvalue weighted by atomic mass is 127. The van der Waals surface area contributed by atoms with E-state index in [1.807, 2.05) is 25.1 Å². The van der Waals surface area contributed by atoms with Crippen LogP contribution < -0.4 is 5.32 Å². The lowest BCUT2D eigenvalue weighted by molar-refractivity contribution is -0.197. The van der Waals surface area contributed by atoms with Gasteiger partial charge < -0.3 is 15.5 Å². The van der Waals surface area contributed by atoms with Crippen LogP contribution in [0, 0.1) is 32.7 Å². The van der Waals surface area contributed by atoms with Crippen LogP contribution in [-0.2, 0) is 9.63 Å². The summed E-state index contributed by atoms with van der Waals surface area (Å²) in [7, 11) is 0. The summed E-state index contributed by atoms with van der Waals surface area (Å²) < 4.78 is 1.11. The second kappa shape index (κ2) is 9.13. The summed E-state index contributed by atoms with van der Waals surface area (Å²) in [6.45, 7) is 10.4. The topological polar surface area (TPSA) is 82.0 Å². The van der Waals surface area contributed by atoms with E-state index in [1.165, 1.54) is 6.42 Å². The van der Waals surface area contributed by atoms with Gasteiger partial charge in [-0.05, 0) is 90.1 Å². The third-order valence-electron chi connectivity index (χ3n) is 8.73. The molecule has 9 atom stereocenters. The summed E-state index contributed by atoms with van der Waals surface area (Å²) in [6, 6.07) is 7.38. The monoisotopic (exact) mass is 556 g/mol. The predicted molar refractivity (Wildman–Crippen MR) is 131 cm³/mol. The summed E-state index contributed by atoms with van der Waals surface area (Å²) in [5, 5.41) is 25.6. The fourth-order valence-electron chi connectivity index (χ4n) is 6.54. The molecule has 32 heavy (non-hydrogen) atoms. The van der Waals surface area contributed by atoms with E-state index in [-0.39, 0.29) is 24.6 Å². The highest BCUT2D eigenvalue weighted by Gasteiger charge is 2.57. The molecule has 6 nitrogen and oxygen atoms in total. The maximum atomic E-state index is 13.7. The lowest BCUT2D eigenvalue weighted by atomic mass is 9.45. The Bertz CT molecular complexity index is 847. The molecule has 3 saturated carbocycles. The minimum absolute atomic E-state index is 0.111. The number of halogens is 1. The Labute approximate surface area is 205 Å². The van der Waals surface area contributed by atoms with Gasteiger partial charge in [-0.25, -0.2) is 0 Å². The second-order valence-electron chi connectivity index (χ2n) is 10.8. The Hall–Kier alpha value is -0.740. The zero-order valence-electron chi connectivity index (χ0n) is 19.7. The van der Waals surface area contributed by atoms with E-state index in [0.717, 1.165) is 15.6 Å². The third-order valence-corrected chi connectivity index (χ3v) is 9.40. The number of rotatable bonds is 6. The second-order valence-corrected chi connectivity index (χ2v) is 12.0. The van der Waals surface area contributed by atoms with E-state index in [4.69, 9.17) is 4.84 Å². The first-order valence-electron chi connectivity index (χ1n) is 11.9. The highest BCUT2D eigenvalue weighted by molar-refractivity contribution is 14.1. The average Bonchev–Trinajstić information content (AvgIpc) is 3.14. The number of fused-ring (bicyclic) bond motifs is 2. The van der Waals surface area contributed by atoms with Gasteiger partial charge in [-0.15, -0.1) is 0 Å². The molecule has 1 aromatic carbocycles. The van der Waals surface area contributed by atoms with Gasteiger partial charge in [-0.2, -0.15) is 5.06 Å². The number of aliphatic hydroxyl groups excluding tert-OH is 2. The van der Waals surface area contributed by atoms with Crippen LogP contribution in [-0.4, -0.2) is 52.1 Å². The van der Waals surface area contributed by atoms with E-state index in [9.17, 15) is 15.0 Å². The summed E-state index contributed by atoms with van der Waals surface area (Å²) in [6.07, 6.45) is 0.851. The standard InChI is InChI=1S/C25H37IN2O4/c1-13-19-10-17(25(19,4)5)11-20(13)27-24(31)23-22(15(3)30)21(12-29)32-28(23)14(2)16-7-6-8-18(26)9-16/h6-9,13-15,17,19-23,29-30H,10-12H2,1-5H3,(H,27,31)/t13-,14?,15-,17-,19+,20?,21-,22+,23-/m0/s1. The molecule has 2 bridgehead atoms. The molecule has 7 heteroatoms. The number of hydrogen-bond acceptors (Lipinski definition) is 5. The number of nitrogens with one attached hydrogen (secondary N) is 1. The first kappa shape index (κ1) is 24.4. The first-order valence-corrected chi connectivity index (χ1v) is 12.9. The van der Waals surface area contributed by atoms with Crippen molar-refractivity contribution in [2.45, 2.75) is 77.8 Å². The van der Waals surface area contributed by atoms with Crippen LogP contribution in [0.25, 0.3) is 0 Å². The third kappa shape index (κ3) is 4.13. The molecule has 0 aromatic heterocycles. The molecule has 1 aliphatic heterocycles. The Morgan fingerprint density at radius 1 is 1.34 bits per heavy atom. The maximum Gasteiger partial charge on any atom is 0.240 e. The molecule has 3 N–H and O–H groups in total. The zero-order valence-corrected chi connectivity index (χ0v) is 21.8. The highest BCUT2D eigenvalue weighted by Crippen LogP contribution is 2.61. The number of benzene rings is 1. The van der Waals surface area contributed by atoms with Crippen molar-refractivity contribution in [1.29, 1.82) is 0 Å². The number of nitrogens with zero attached hydrogens (tertiary/aromatic N) is 1. The molecule has 178 valence electrons. The molecule has 1 saturated heterocycles. The number of hydrogen-bond donors (Lipinski definition) is 3. The predicted octanol–water partition coefficient (Wildman–Crippen LogP) is 3.51. The number of carbonyl (C=O) groups excluding carboxylic acids is 1. The van der Waals surface area contributed by atoms with Crippen molar-refractivity contribution in [2.75, 3.05) is 6.61 Å². The van der Waals surface area contributed by atoms with Crippen LogP contribution in [0.2, 0.25) is 0 Å². The molecule has 0 radical (unpaired) electrons. The van der Waals surface area contributed by atoms with E-state index in [1.54, 1.807) is 12.0 Å². The molecule has 5 rings (SSSR count). The van der Waals surface area contributed by atoms with Gasteiger partial charge >= 0.3 is 0 Å². The Balaban J connectivity index is 1.58. The number of amides is 1. The van der Waals surface area contributed by atoms with Gasteiger partial charge in [0.2, 0.25) is 5.91 Å². The molecule has 3 aliphatic carbocycles. The maximum absolute atomic E-state index is 13.7. The lowest BCUT2D eigenvalue weighted by Gasteiger charge is -2.62. The Morgan fingerprint density at radius 3 is 2.62 bits per heavy atom. The molecular weight excluding hydrogens is 519 g/mol. The van der Waals surface area contributed by atoms with Crippen molar-refractivity contribution in [2.24, 2.45) is 29.1 Å². The number of aliphatic hydroxyl groups is 2. The van der Waals surface area contributed by atoms with Gasteiger partial charge in [-0.1, -0.05) is 32.9 Å². The summed E-state index contributed by atoms with van der Waals surface area (Å²) >= 11 is 2.28. The molecule has 1 aromatic rings. The lowest BCUT2D eigenvalue weighted by Crippen LogP contribution is -2.62. The van der Waals surface area contributed by atoms with Crippen LogP contribution >= 0.6 is 22.6 Å². The van der Waals surface area contributed by atoms with Crippen molar-refractivity contribution < 1.29 is 19.8 Å². The normalized spacial score (nSPS) is 38.1. The number of hydroxylamine groups is 2. The minimum atomic E-state index is -0.785.